The first-order chi connectivity index (χ1) is 14.3. The minimum atomic E-state index is -0.131. The van der Waals surface area contributed by atoms with Crippen LogP contribution in [0.2, 0.25) is 0 Å². The molecule has 0 unspecified atom stereocenters. The van der Waals surface area contributed by atoms with Crippen molar-refractivity contribution >= 4 is 17.7 Å². The van der Waals surface area contributed by atoms with Crippen molar-refractivity contribution in [2.75, 3.05) is 12.3 Å². The molecule has 1 aromatic heterocycles. The van der Waals surface area contributed by atoms with E-state index in [2.05, 4.69) is 22.4 Å². The Bertz CT molecular complexity index is 1080. The molecule has 4 rings (SSSR count). The van der Waals surface area contributed by atoms with Gasteiger partial charge in [0.1, 0.15) is 0 Å². The highest BCUT2D eigenvalue weighted by molar-refractivity contribution is 7.99. The summed E-state index contributed by atoms with van der Waals surface area (Å²) in [5.41, 5.74) is 2.19. The summed E-state index contributed by atoms with van der Waals surface area (Å²) in [5, 5.41) is 2.99. The molecule has 0 bridgehead atoms. The predicted molar refractivity (Wildman–Crippen MR) is 117 cm³/mol. The number of hydrogen-bond acceptors (Lipinski definition) is 4. The van der Waals surface area contributed by atoms with Crippen LogP contribution in [0.25, 0.3) is 22.8 Å². The van der Waals surface area contributed by atoms with Gasteiger partial charge in [-0.15, -0.1) is 11.8 Å². The Morgan fingerprint density at radius 2 is 1.59 bits per heavy atom. The summed E-state index contributed by atoms with van der Waals surface area (Å²) in [6.45, 7) is 0.577. The fraction of sp³-hybridized carbons (Fsp3) is 0.0833. The van der Waals surface area contributed by atoms with E-state index >= 15 is 0 Å². The lowest BCUT2D eigenvalue weighted by Crippen LogP contribution is -2.26. The second-order valence-corrected chi connectivity index (χ2v) is 7.53. The molecule has 29 heavy (non-hydrogen) atoms. The highest BCUT2D eigenvalue weighted by Crippen LogP contribution is 2.28. The van der Waals surface area contributed by atoms with Crippen LogP contribution in [0.4, 0.5) is 0 Å². The fourth-order valence-electron chi connectivity index (χ4n) is 2.95. The van der Waals surface area contributed by atoms with Crippen LogP contribution in [0.15, 0.2) is 100 Å². The van der Waals surface area contributed by atoms with Gasteiger partial charge in [0, 0.05) is 28.3 Å². The molecular formula is C24H20N2O2S. The van der Waals surface area contributed by atoms with Gasteiger partial charge in [0.05, 0.1) is 11.8 Å². The quantitative estimate of drug-likeness (QED) is 0.327. The van der Waals surface area contributed by atoms with Crippen molar-refractivity contribution in [2.45, 2.75) is 4.90 Å². The number of rotatable bonds is 7. The zero-order chi connectivity index (χ0) is 19.9. The van der Waals surface area contributed by atoms with Gasteiger partial charge in [-0.25, -0.2) is 4.98 Å². The minimum Gasteiger partial charge on any atom is -0.436 e. The smallest absolute Gasteiger partial charge is 0.252 e. The van der Waals surface area contributed by atoms with Gasteiger partial charge in [-0.2, -0.15) is 0 Å². The van der Waals surface area contributed by atoms with Crippen molar-refractivity contribution in [2.24, 2.45) is 0 Å². The number of aromatic nitrogens is 1. The fourth-order valence-corrected chi connectivity index (χ4v) is 3.74. The average Bonchev–Trinajstić information content (AvgIpc) is 3.28. The summed E-state index contributed by atoms with van der Waals surface area (Å²) < 4.78 is 5.93. The van der Waals surface area contributed by atoms with Gasteiger partial charge in [-0.05, 0) is 24.3 Å². The molecule has 0 radical (unpaired) electrons. The van der Waals surface area contributed by atoms with Crippen LogP contribution in [-0.4, -0.2) is 23.2 Å². The monoisotopic (exact) mass is 400 g/mol. The normalized spacial score (nSPS) is 10.6. The van der Waals surface area contributed by atoms with Gasteiger partial charge in [0.2, 0.25) is 5.89 Å². The molecule has 4 nitrogen and oxygen atoms in total. The molecule has 0 aliphatic rings. The minimum absolute atomic E-state index is 0.131. The number of hydrogen-bond donors (Lipinski definition) is 1. The second-order valence-electron chi connectivity index (χ2n) is 6.36. The molecule has 0 saturated heterocycles. The molecule has 0 atom stereocenters. The molecule has 0 fully saturated rings. The van der Waals surface area contributed by atoms with Crippen LogP contribution in [0.5, 0.6) is 0 Å². The van der Waals surface area contributed by atoms with E-state index < -0.39 is 0 Å². The van der Waals surface area contributed by atoms with Crippen LogP contribution in [0.1, 0.15) is 10.4 Å². The van der Waals surface area contributed by atoms with Crippen molar-refractivity contribution in [1.82, 2.24) is 10.3 Å². The van der Waals surface area contributed by atoms with Crippen LogP contribution < -0.4 is 5.32 Å². The van der Waals surface area contributed by atoms with Crippen LogP contribution >= 0.6 is 11.8 Å². The second kappa shape index (κ2) is 9.26. The topological polar surface area (TPSA) is 55.1 Å². The number of nitrogens with one attached hydrogen (secondary N) is 1. The highest BCUT2D eigenvalue weighted by atomic mass is 32.2. The Morgan fingerprint density at radius 3 is 2.38 bits per heavy atom. The maximum Gasteiger partial charge on any atom is 0.252 e. The summed E-state index contributed by atoms with van der Waals surface area (Å²) in [7, 11) is 0. The van der Waals surface area contributed by atoms with Crippen molar-refractivity contribution in [3.63, 3.8) is 0 Å². The summed E-state index contributed by atoms with van der Waals surface area (Å²) in [4.78, 5) is 18.3. The van der Waals surface area contributed by atoms with Crippen molar-refractivity contribution in [3.05, 3.63) is 96.7 Å². The van der Waals surface area contributed by atoms with Crippen LogP contribution in [0, 0.1) is 0 Å². The van der Waals surface area contributed by atoms with E-state index in [1.165, 1.54) is 4.90 Å². The Labute approximate surface area is 174 Å². The van der Waals surface area contributed by atoms with Gasteiger partial charge in [-0.1, -0.05) is 60.7 Å². The van der Waals surface area contributed by atoms with E-state index in [4.69, 9.17) is 4.42 Å². The first kappa shape index (κ1) is 19.0. The van der Waals surface area contributed by atoms with E-state index in [1.54, 1.807) is 24.0 Å². The molecule has 0 aliphatic heterocycles. The van der Waals surface area contributed by atoms with Gasteiger partial charge in [0.15, 0.2) is 5.76 Å². The Morgan fingerprint density at radius 1 is 0.897 bits per heavy atom. The number of thioether (sulfide) groups is 1. The van der Waals surface area contributed by atoms with E-state index in [1.807, 2.05) is 66.7 Å². The molecule has 1 heterocycles. The largest absolute Gasteiger partial charge is 0.436 e. The number of benzene rings is 3. The molecule has 1 amide bonds. The third-order valence-electron chi connectivity index (χ3n) is 4.37. The van der Waals surface area contributed by atoms with Crippen LogP contribution in [-0.2, 0) is 0 Å². The SMILES string of the molecule is O=C(NCCSc1ccccc1)c1ccccc1-c1ncc(-c2ccccc2)o1. The zero-order valence-electron chi connectivity index (χ0n) is 15.7. The third kappa shape index (κ3) is 4.76. The number of amides is 1. The number of carbonyl (C=O) groups is 1. The van der Waals surface area contributed by atoms with E-state index in [0.717, 1.165) is 11.3 Å². The maximum absolute atomic E-state index is 12.7. The molecular weight excluding hydrogens is 380 g/mol. The van der Waals surface area contributed by atoms with Gasteiger partial charge < -0.3 is 9.73 Å². The van der Waals surface area contributed by atoms with Gasteiger partial charge in [-0.3, -0.25) is 4.79 Å². The Hall–Kier alpha value is -3.31. The zero-order valence-corrected chi connectivity index (χ0v) is 16.6. The van der Waals surface area contributed by atoms with Gasteiger partial charge >= 0.3 is 0 Å². The van der Waals surface area contributed by atoms with Crippen molar-refractivity contribution in [1.29, 1.82) is 0 Å². The molecule has 0 spiro atoms. The molecule has 4 aromatic rings. The number of nitrogens with zero attached hydrogens (tertiary/aromatic N) is 1. The third-order valence-corrected chi connectivity index (χ3v) is 5.38. The molecule has 144 valence electrons. The standard InChI is InChI=1S/C24H20N2O2S/c27-23(25-15-16-29-19-11-5-2-6-12-19)20-13-7-8-14-21(20)24-26-17-22(28-24)18-9-3-1-4-10-18/h1-14,17H,15-16H2,(H,25,27). The van der Waals surface area contributed by atoms with E-state index in [-0.39, 0.29) is 5.91 Å². The molecule has 5 heteroatoms. The number of oxazole rings is 1. The number of carbonyl (C=O) groups excluding carboxylic acids is 1. The summed E-state index contributed by atoms with van der Waals surface area (Å²) in [5.74, 6) is 1.78. The maximum atomic E-state index is 12.7. The first-order valence-corrected chi connectivity index (χ1v) is 10.4. The summed E-state index contributed by atoms with van der Waals surface area (Å²) in [6.07, 6.45) is 1.69. The first-order valence-electron chi connectivity index (χ1n) is 9.38. The lowest BCUT2D eigenvalue weighted by Gasteiger charge is -2.08. The summed E-state index contributed by atoms with van der Waals surface area (Å²) in [6, 6.07) is 27.3. The Kier molecular flexibility index (Phi) is 6.07. The van der Waals surface area contributed by atoms with Gasteiger partial charge in [0.25, 0.3) is 5.91 Å². The van der Waals surface area contributed by atoms with E-state index in [0.29, 0.717) is 29.3 Å². The van der Waals surface area contributed by atoms with Crippen molar-refractivity contribution in [3.8, 4) is 22.8 Å². The average molecular weight is 401 g/mol. The Balaban J connectivity index is 1.44. The van der Waals surface area contributed by atoms with Crippen molar-refractivity contribution < 1.29 is 9.21 Å². The molecule has 0 saturated carbocycles. The molecule has 1 N–H and O–H groups in total. The predicted octanol–water partition coefficient (Wildman–Crippen LogP) is 5.53. The molecule has 3 aromatic carbocycles. The lowest BCUT2D eigenvalue weighted by atomic mass is 10.1. The molecule has 0 aliphatic carbocycles. The van der Waals surface area contributed by atoms with E-state index in [9.17, 15) is 4.79 Å². The lowest BCUT2D eigenvalue weighted by molar-refractivity contribution is 0.0956. The van der Waals surface area contributed by atoms with Crippen LogP contribution in [0.3, 0.4) is 0 Å². The highest BCUT2D eigenvalue weighted by Gasteiger charge is 2.16. The summed E-state index contributed by atoms with van der Waals surface area (Å²) >= 11 is 1.71.